The average molecular weight is 423 g/mol. The lowest BCUT2D eigenvalue weighted by atomic mass is 10.2. The van der Waals surface area contributed by atoms with Gasteiger partial charge in [0.2, 0.25) is 0 Å². The van der Waals surface area contributed by atoms with Crippen LogP contribution < -0.4 is 9.47 Å². The van der Waals surface area contributed by atoms with Gasteiger partial charge >= 0.3 is 0 Å². The summed E-state index contributed by atoms with van der Waals surface area (Å²) in [6, 6.07) is 26.9. The van der Waals surface area contributed by atoms with Gasteiger partial charge in [0, 0.05) is 10.5 Å². The highest BCUT2D eigenvalue weighted by molar-refractivity contribution is 8.20. The van der Waals surface area contributed by atoms with Gasteiger partial charge in [0.05, 0.1) is 4.58 Å². The van der Waals surface area contributed by atoms with Crippen LogP contribution in [-0.2, 0) is 13.2 Å². The Labute approximate surface area is 182 Å². The first-order valence-corrected chi connectivity index (χ1v) is 11.9. The second-order valence-electron chi connectivity index (χ2n) is 7.29. The van der Waals surface area contributed by atoms with Gasteiger partial charge in [-0.1, -0.05) is 68.4 Å². The topological polar surface area (TPSA) is 18.5 Å². The molecular formula is C25H26O2S2. The van der Waals surface area contributed by atoms with Crippen LogP contribution in [0.15, 0.2) is 78.9 Å². The summed E-state index contributed by atoms with van der Waals surface area (Å²) >= 11 is 4.11. The SMILES string of the molecule is CC1SC(c2ccc(OCc3ccc(OCc4ccccc4)cc3)cc2)SC1C. The molecule has 0 saturated carbocycles. The molecule has 1 aliphatic rings. The zero-order valence-electron chi connectivity index (χ0n) is 16.8. The molecule has 0 bridgehead atoms. The van der Waals surface area contributed by atoms with E-state index in [1.807, 2.05) is 30.3 Å². The third kappa shape index (κ3) is 5.52. The normalized spacial score (nSPS) is 21.1. The van der Waals surface area contributed by atoms with E-state index < -0.39 is 0 Å². The van der Waals surface area contributed by atoms with Gasteiger partial charge in [0.15, 0.2) is 0 Å². The zero-order chi connectivity index (χ0) is 20.1. The molecule has 4 rings (SSSR count). The van der Waals surface area contributed by atoms with E-state index in [4.69, 9.17) is 9.47 Å². The Morgan fingerprint density at radius 2 is 1.10 bits per heavy atom. The summed E-state index contributed by atoms with van der Waals surface area (Å²) in [7, 11) is 0. The molecule has 0 aliphatic carbocycles. The van der Waals surface area contributed by atoms with Crippen LogP contribution in [0.1, 0.15) is 35.1 Å². The third-order valence-electron chi connectivity index (χ3n) is 5.07. The molecule has 1 heterocycles. The van der Waals surface area contributed by atoms with Gasteiger partial charge in [0.25, 0.3) is 0 Å². The Morgan fingerprint density at radius 3 is 1.66 bits per heavy atom. The molecule has 1 aliphatic heterocycles. The quantitative estimate of drug-likeness (QED) is 0.404. The zero-order valence-corrected chi connectivity index (χ0v) is 18.4. The van der Waals surface area contributed by atoms with E-state index in [1.165, 1.54) is 11.1 Å². The maximum Gasteiger partial charge on any atom is 0.119 e. The number of thioether (sulfide) groups is 2. The van der Waals surface area contributed by atoms with Crippen molar-refractivity contribution in [3.63, 3.8) is 0 Å². The fourth-order valence-electron chi connectivity index (χ4n) is 3.11. The molecule has 1 saturated heterocycles. The molecule has 0 amide bonds. The first kappa shape index (κ1) is 20.2. The fourth-order valence-corrected chi connectivity index (χ4v) is 6.66. The summed E-state index contributed by atoms with van der Waals surface area (Å²) in [6.07, 6.45) is 0. The van der Waals surface area contributed by atoms with Crippen molar-refractivity contribution in [1.82, 2.24) is 0 Å². The van der Waals surface area contributed by atoms with Crippen molar-refractivity contribution < 1.29 is 9.47 Å². The third-order valence-corrected chi connectivity index (χ3v) is 8.62. The Balaban J connectivity index is 1.26. The van der Waals surface area contributed by atoms with Crippen molar-refractivity contribution in [3.8, 4) is 11.5 Å². The van der Waals surface area contributed by atoms with Crippen LogP contribution in [0, 0.1) is 0 Å². The standard InChI is InChI=1S/C25H26O2S2/c1-18-19(2)29-25(28-18)22-10-14-24(15-11-22)27-17-21-8-12-23(13-9-21)26-16-20-6-4-3-5-7-20/h3-15,18-19,25H,16-17H2,1-2H3. The molecule has 3 aromatic rings. The van der Waals surface area contributed by atoms with E-state index in [1.54, 1.807) is 0 Å². The number of ether oxygens (including phenoxy) is 2. The van der Waals surface area contributed by atoms with Crippen LogP contribution in [-0.4, -0.2) is 10.5 Å². The summed E-state index contributed by atoms with van der Waals surface area (Å²) in [6.45, 7) is 5.77. The van der Waals surface area contributed by atoms with Crippen molar-refractivity contribution in [2.24, 2.45) is 0 Å². The molecular weight excluding hydrogens is 396 g/mol. The van der Waals surface area contributed by atoms with Crippen LogP contribution in [0.25, 0.3) is 0 Å². The molecule has 150 valence electrons. The van der Waals surface area contributed by atoms with E-state index in [0.717, 1.165) is 17.1 Å². The molecule has 0 radical (unpaired) electrons. The Kier molecular flexibility index (Phi) is 6.73. The first-order chi connectivity index (χ1) is 14.2. The summed E-state index contributed by atoms with van der Waals surface area (Å²) in [4.78, 5) is 0. The molecule has 2 nitrogen and oxygen atoms in total. The molecule has 0 N–H and O–H groups in total. The predicted molar refractivity (Wildman–Crippen MR) is 125 cm³/mol. The second kappa shape index (κ2) is 9.64. The van der Waals surface area contributed by atoms with Crippen molar-refractivity contribution in [2.45, 2.75) is 42.1 Å². The highest BCUT2D eigenvalue weighted by atomic mass is 32.2. The summed E-state index contributed by atoms with van der Waals surface area (Å²) in [5, 5.41) is 1.42. The van der Waals surface area contributed by atoms with Crippen LogP contribution in [0.5, 0.6) is 11.5 Å². The highest BCUT2D eigenvalue weighted by Gasteiger charge is 2.30. The van der Waals surface area contributed by atoms with E-state index in [0.29, 0.717) is 28.3 Å². The summed E-state index contributed by atoms with van der Waals surface area (Å²) < 4.78 is 12.3. The molecule has 1 fully saturated rings. The van der Waals surface area contributed by atoms with E-state index in [9.17, 15) is 0 Å². The maximum atomic E-state index is 5.97. The van der Waals surface area contributed by atoms with Crippen LogP contribution in [0.3, 0.4) is 0 Å². The average Bonchev–Trinajstić information content (AvgIpc) is 3.11. The fraction of sp³-hybridized carbons (Fsp3) is 0.280. The first-order valence-electron chi connectivity index (χ1n) is 9.97. The number of hydrogen-bond acceptors (Lipinski definition) is 4. The lowest BCUT2D eigenvalue weighted by Gasteiger charge is -2.11. The van der Waals surface area contributed by atoms with Crippen molar-refractivity contribution in [2.75, 3.05) is 0 Å². The molecule has 2 unspecified atom stereocenters. The monoisotopic (exact) mass is 422 g/mol. The molecule has 2 atom stereocenters. The second-order valence-corrected chi connectivity index (χ2v) is 10.6. The van der Waals surface area contributed by atoms with Gasteiger partial charge in [-0.05, 0) is 41.0 Å². The van der Waals surface area contributed by atoms with Gasteiger partial charge in [-0.15, -0.1) is 23.5 Å². The lowest BCUT2D eigenvalue weighted by molar-refractivity contribution is 0.301. The van der Waals surface area contributed by atoms with E-state index in [2.05, 4.69) is 85.9 Å². The van der Waals surface area contributed by atoms with Crippen LogP contribution in [0.4, 0.5) is 0 Å². The smallest absolute Gasteiger partial charge is 0.119 e. The minimum absolute atomic E-state index is 0.539. The lowest BCUT2D eigenvalue weighted by Crippen LogP contribution is -2.04. The minimum Gasteiger partial charge on any atom is -0.489 e. The van der Waals surface area contributed by atoms with Crippen molar-refractivity contribution in [3.05, 3.63) is 95.6 Å². The Hall–Kier alpha value is -2.04. The van der Waals surface area contributed by atoms with Crippen LogP contribution >= 0.6 is 23.5 Å². The van der Waals surface area contributed by atoms with E-state index in [-0.39, 0.29) is 0 Å². The molecule has 3 aromatic carbocycles. The summed E-state index contributed by atoms with van der Waals surface area (Å²) in [5.74, 6) is 1.78. The van der Waals surface area contributed by atoms with Crippen molar-refractivity contribution in [1.29, 1.82) is 0 Å². The number of rotatable bonds is 7. The maximum absolute atomic E-state index is 5.97. The van der Waals surface area contributed by atoms with E-state index >= 15 is 0 Å². The highest BCUT2D eigenvalue weighted by Crippen LogP contribution is 2.53. The van der Waals surface area contributed by atoms with Gasteiger partial charge in [-0.25, -0.2) is 0 Å². The summed E-state index contributed by atoms with van der Waals surface area (Å²) in [5.41, 5.74) is 3.68. The molecule has 29 heavy (non-hydrogen) atoms. The van der Waals surface area contributed by atoms with Crippen LogP contribution in [0.2, 0.25) is 0 Å². The van der Waals surface area contributed by atoms with Gasteiger partial charge in [0.1, 0.15) is 24.7 Å². The van der Waals surface area contributed by atoms with Gasteiger partial charge in [-0.3, -0.25) is 0 Å². The Morgan fingerprint density at radius 1 is 0.621 bits per heavy atom. The largest absolute Gasteiger partial charge is 0.489 e. The van der Waals surface area contributed by atoms with Crippen molar-refractivity contribution >= 4 is 23.5 Å². The van der Waals surface area contributed by atoms with Gasteiger partial charge in [-0.2, -0.15) is 0 Å². The number of benzene rings is 3. The predicted octanol–water partition coefficient (Wildman–Crippen LogP) is 7.10. The minimum atomic E-state index is 0.539. The molecule has 4 heteroatoms. The molecule has 0 aromatic heterocycles. The number of hydrogen-bond donors (Lipinski definition) is 0. The van der Waals surface area contributed by atoms with Gasteiger partial charge < -0.3 is 9.47 Å². The Bertz CT molecular complexity index is 884. The molecule has 0 spiro atoms.